The maximum absolute atomic E-state index is 12.1. The third kappa shape index (κ3) is 6.97. The molecule has 8 aromatic rings. The molecule has 4 heteroatoms. The van der Waals surface area contributed by atoms with Gasteiger partial charge >= 0.3 is 0 Å². The summed E-state index contributed by atoms with van der Waals surface area (Å²) < 4.78 is 6.60. The second-order valence-corrected chi connectivity index (χ2v) is 16.1. The summed E-state index contributed by atoms with van der Waals surface area (Å²) >= 11 is 0. The summed E-state index contributed by atoms with van der Waals surface area (Å²) in [4.78, 5) is 10.0. The first-order valence-corrected chi connectivity index (χ1v) is 19.0. The quantitative estimate of drug-likeness (QED) is 0.170. The molecule has 0 radical (unpaired) electrons. The molecule has 2 heterocycles. The number of phenolic OH excluding ortho intramolecular Hbond substituents is 1. The number of pyridine rings is 1. The average molecular weight is 719 g/mol. The Morgan fingerprint density at radius 3 is 1.95 bits per heavy atom. The van der Waals surface area contributed by atoms with E-state index in [9.17, 15) is 5.11 Å². The highest BCUT2D eigenvalue weighted by molar-refractivity contribution is 5.93. The first-order valence-electron chi connectivity index (χ1n) is 19.0. The molecule has 2 aromatic heterocycles. The third-order valence-electron chi connectivity index (χ3n) is 11.0. The lowest BCUT2D eigenvalue weighted by molar-refractivity contribution is 0.464. The molecular weight excluding hydrogens is 673 g/mol. The normalized spacial score (nSPS) is 12.5. The summed E-state index contributed by atoms with van der Waals surface area (Å²) in [6.07, 6.45) is 1.89. The Balaban J connectivity index is 1.29. The van der Waals surface area contributed by atoms with Gasteiger partial charge in [-0.1, -0.05) is 157 Å². The number of para-hydroxylation sites is 1. The van der Waals surface area contributed by atoms with E-state index in [1.165, 1.54) is 11.1 Å². The van der Waals surface area contributed by atoms with Gasteiger partial charge in [-0.15, -0.1) is 0 Å². The minimum atomic E-state index is -0.359. The van der Waals surface area contributed by atoms with Crippen LogP contribution in [0.4, 0.5) is 0 Å². The van der Waals surface area contributed by atoms with E-state index in [-0.39, 0.29) is 22.5 Å². The van der Waals surface area contributed by atoms with Crippen LogP contribution < -0.4 is 0 Å². The summed E-state index contributed by atoms with van der Waals surface area (Å²) in [6, 6.07) is 52.4. The summed E-state index contributed by atoms with van der Waals surface area (Å²) in [5, 5.41) is 12.1. The molecule has 0 aliphatic heterocycles. The molecule has 272 valence electrons. The van der Waals surface area contributed by atoms with Gasteiger partial charge in [0.2, 0.25) is 5.89 Å². The molecule has 8 rings (SSSR count). The van der Waals surface area contributed by atoms with E-state index in [1.54, 1.807) is 0 Å². The van der Waals surface area contributed by atoms with Crippen molar-refractivity contribution in [3.63, 3.8) is 0 Å². The largest absolute Gasteiger partial charge is 0.507 e. The number of aromatic nitrogens is 2. The molecule has 0 aliphatic carbocycles. The van der Waals surface area contributed by atoms with Gasteiger partial charge in [0.05, 0.1) is 11.3 Å². The molecule has 0 fully saturated rings. The van der Waals surface area contributed by atoms with Crippen molar-refractivity contribution in [2.45, 2.75) is 58.3 Å². The molecule has 0 bridgehead atoms. The Morgan fingerprint density at radius 1 is 0.564 bits per heavy atom. The first-order chi connectivity index (χ1) is 26.5. The SMILES string of the molecule is CC(c1ccccc1)c1cc(C(C)(C)c2ccccc2)cc(-c2nc3c(-c4cc(-c5cc(-c6ccccc6)ccn5)cc(C(C)(C)C)c4)cccc3o2)c1O. The lowest BCUT2D eigenvalue weighted by Crippen LogP contribution is -2.19. The van der Waals surface area contributed by atoms with Crippen LogP contribution in [-0.2, 0) is 10.8 Å². The number of rotatable bonds is 8. The fourth-order valence-electron chi connectivity index (χ4n) is 7.51. The van der Waals surface area contributed by atoms with Gasteiger partial charge in [0.1, 0.15) is 11.3 Å². The zero-order valence-corrected chi connectivity index (χ0v) is 32.3. The molecule has 0 saturated carbocycles. The topological polar surface area (TPSA) is 59.2 Å². The minimum Gasteiger partial charge on any atom is -0.507 e. The monoisotopic (exact) mass is 718 g/mol. The van der Waals surface area contributed by atoms with Crippen molar-refractivity contribution in [1.82, 2.24) is 9.97 Å². The zero-order chi connectivity index (χ0) is 38.3. The first kappa shape index (κ1) is 35.8. The lowest BCUT2D eigenvalue weighted by Gasteiger charge is -2.28. The van der Waals surface area contributed by atoms with E-state index < -0.39 is 0 Å². The van der Waals surface area contributed by atoms with Crippen molar-refractivity contribution >= 4 is 11.1 Å². The predicted octanol–water partition coefficient (Wildman–Crippen LogP) is 13.4. The second kappa shape index (κ2) is 14.2. The molecule has 1 N–H and O–H groups in total. The second-order valence-electron chi connectivity index (χ2n) is 16.1. The minimum absolute atomic E-state index is 0.0704. The summed E-state index contributed by atoms with van der Waals surface area (Å²) in [5.74, 6) is 0.494. The van der Waals surface area contributed by atoms with Gasteiger partial charge < -0.3 is 9.52 Å². The van der Waals surface area contributed by atoms with Gasteiger partial charge in [0.25, 0.3) is 0 Å². The molecule has 0 aliphatic rings. The smallest absolute Gasteiger partial charge is 0.231 e. The number of nitrogens with zero attached hydrogens (tertiary/aromatic N) is 2. The Kier molecular flexibility index (Phi) is 9.22. The summed E-state index contributed by atoms with van der Waals surface area (Å²) in [5.41, 5.74) is 13.1. The molecular formula is C51H46N2O2. The fourth-order valence-corrected chi connectivity index (χ4v) is 7.51. The van der Waals surface area contributed by atoms with Crippen LogP contribution in [0, 0.1) is 0 Å². The van der Waals surface area contributed by atoms with E-state index >= 15 is 0 Å². The van der Waals surface area contributed by atoms with Crippen LogP contribution in [0.25, 0.3) is 56.1 Å². The highest BCUT2D eigenvalue weighted by Gasteiger charge is 2.29. The van der Waals surface area contributed by atoms with Crippen LogP contribution in [0.2, 0.25) is 0 Å². The van der Waals surface area contributed by atoms with Crippen molar-refractivity contribution in [1.29, 1.82) is 0 Å². The highest BCUT2D eigenvalue weighted by atomic mass is 16.3. The summed E-state index contributed by atoms with van der Waals surface area (Å²) in [6.45, 7) is 13.3. The number of fused-ring (bicyclic) bond motifs is 1. The van der Waals surface area contributed by atoms with Gasteiger partial charge in [-0.2, -0.15) is 0 Å². The Morgan fingerprint density at radius 2 is 1.24 bits per heavy atom. The maximum Gasteiger partial charge on any atom is 0.231 e. The van der Waals surface area contributed by atoms with Gasteiger partial charge in [0.15, 0.2) is 5.58 Å². The van der Waals surface area contributed by atoms with Crippen molar-refractivity contribution in [2.75, 3.05) is 0 Å². The molecule has 55 heavy (non-hydrogen) atoms. The molecule has 1 atom stereocenters. The van der Waals surface area contributed by atoms with E-state index in [0.29, 0.717) is 17.0 Å². The molecule has 1 unspecified atom stereocenters. The van der Waals surface area contributed by atoms with Gasteiger partial charge in [-0.25, -0.2) is 4.98 Å². The van der Waals surface area contributed by atoms with E-state index in [0.717, 1.165) is 55.7 Å². The van der Waals surface area contributed by atoms with E-state index in [4.69, 9.17) is 14.4 Å². The van der Waals surface area contributed by atoms with Gasteiger partial charge in [-0.05, 0) is 80.8 Å². The Hall–Kier alpha value is -6.26. The number of oxazole rings is 1. The zero-order valence-electron chi connectivity index (χ0n) is 32.3. The van der Waals surface area contributed by atoms with Crippen LogP contribution in [0.3, 0.4) is 0 Å². The van der Waals surface area contributed by atoms with Gasteiger partial charge in [0, 0.05) is 34.2 Å². The number of aromatic hydroxyl groups is 1. The molecule has 4 nitrogen and oxygen atoms in total. The van der Waals surface area contributed by atoms with Crippen LogP contribution in [0.15, 0.2) is 162 Å². The Labute approximate surface area is 324 Å². The summed E-state index contributed by atoms with van der Waals surface area (Å²) in [7, 11) is 0. The van der Waals surface area contributed by atoms with Gasteiger partial charge in [-0.3, -0.25) is 4.98 Å². The number of hydrogen-bond acceptors (Lipinski definition) is 4. The van der Waals surface area contributed by atoms with Crippen molar-refractivity contribution in [3.8, 4) is 50.7 Å². The van der Waals surface area contributed by atoms with Crippen molar-refractivity contribution < 1.29 is 9.52 Å². The number of phenols is 1. The van der Waals surface area contributed by atoms with E-state index in [2.05, 4.69) is 151 Å². The van der Waals surface area contributed by atoms with E-state index in [1.807, 2.05) is 48.7 Å². The van der Waals surface area contributed by atoms with Crippen LogP contribution in [0.1, 0.15) is 75.3 Å². The van der Waals surface area contributed by atoms with Crippen molar-refractivity contribution in [2.24, 2.45) is 0 Å². The van der Waals surface area contributed by atoms with Crippen LogP contribution in [0.5, 0.6) is 5.75 Å². The average Bonchev–Trinajstić information content (AvgIpc) is 3.66. The maximum atomic E-state index is 12.1. The molecule has 6 aromatic carbocycles. The molecule has 0 saturated heterocycles. The van der Waals surface area contributed by atoms with Crippen molar-refractivity contribution in [3.05, 3.63) is 186 Å². The number of hydrogen-bond donors (Lipinski definition) is 1. The lowest BCUT2D eigenvalue weighted by atomic mass is 9.76. The Bertz CT molecular complexity index is 2620. The predicted molar refractivity (Wildman–Crippen MR) is 226 cm³/mol. The fraction of sp³-hybridized carbons (Fsp3) is 0.176. The third-order valence-corrected chi connectivity index (χ3v) is 11.0. The molecule has 0 spiro atoms. The standard InChI is InChI=1S/C51H46N2O2/c1-33(34-17-10-7-11-18-34)43-31-41(51(5,6)39-21-14-9-15-22-39)32-44(48(43)54)49-53-47-42(23-16-24-46(47)55-49)37-27-38(29-40(28-37)50(2,3)4)45-30-36(25-26-52-45)35-19-12-8-13-20-35/h7-33,54H,1-6H3. The van der Waals surface area contributed by atoms with Crippen LogP contribution >= 0.6 is 0 Å². The molecule has 0 amide bonds. The van der Waals surface area contributed by atoms with Crippen LogP contribution in [-0.4, -0.2) is 15.1 Å². The number of benzene rings is 6. The highest BCUT2D eigenvalue weighted by Crippen LogP contribution is 2.45.